The fraction of sp³-hybridized carbons (Fsp3) is 0.435. The highest BCUT2D eigenvalue weighted by Gasteiger charge is 2.38. The fourth-order valence-corrected chi connectivity index (χ4v) is 3.96. The smallest absolute Gasteiger partial charge is 0.412 e. The van der Waals surface area contributed by atoms with Gasteiger partial charge in [-0.05, 0) is 81.0 Å². The highest BCUT2D eigenvalue weighted by molar-refractivity contribution is 6.30. The van der Waals surface area contributed by atoms with E-state index >= 15 is 0 Å². The Morgan fingerprint density at radius 3 is 2.57 bits per heavy atom. The molecule has 2 aromatic rings. The lowest BCUT2D eigenvalue weighted by Crippen LogP contribution is -2.53. The number of carbonyl (C=O) groups is 1. The molecule has 7 heteroatoms. The van der Waals surface area contributed by atoms with E-state index in [1.807, 2.05) is 6.07 Å². The van der Waals surface area contributed by atoms with Gasteiger partial charge in [0.25, 0.3) is 0 Å². The maximum Gasteiger partial charge on any atom is 0.412 e. The molecule has 3 N–H and O–H groups in total. The molecular formula is C23H28ClNO5. The van der Waals surface area contributed by atoms with E-state index in [1.165, 1.54) is 4.90 Å². The van der Waals surface area contributed by atoms with Gasteiger partial charge in [-0.15, -0.1) is 0 Å². The predicted octanol–water partition coefficient (Wildman–Crippen LogP) is 4.19. The van der Waals surface area contributed by atoms with Gasteiger partial charge in [0.1, 0.15) is 17.5 Å². The number of benzene rings is 2. The Morgan fingerprint density at radius 2 is 1.90 bits per heavy atom. The summed E-state index contributed by atoms with van der Waals surface area (Å²) in [6.07, 6.45) is -1.88. The van der Waals surface area contributed by atoms with E-state index in [1.54, 1.807) is 57.2 Å². The van der Waals surface area contributed by atoms with Crippen LogP contribution in [0.15, 0.2) is 42.5 Å². The van der Waals surface area contributed by atoms with Crippen molar-refractivity contribution in [1.29, 1.82) is 0 Å². The second-order valence-corrected chi connectivity index (χ2v) is 9.09. The Balaban J connectivity index is 1.91. The van der Waals surface area contributed by atoms with Gasteiger partial charge in [-0.2, -0.15) is 0 Å². The number of phenols is 1. The number of nitrogens with zero attached hydrogens (tertiary/aromatic N) is 1. The molecule has 162 valence electrons. The molecule has 0 saturated heterocycles. The molecule has 0 bridgehead atoms. The number of aryl methyl sites for hydroxylation is 1. The molecule has 3 atom stereocenters. The summed E-state index contributed by atoms with van der Waals surface area (Å²) in [6, 6.07) is 11.3. The maximum absolute atomic E-state index is 13.0. The van der Waals surface area contributed by atoms with Crippen molar-refractivity contribution in [1.82, 2.24) is 4.90 Å². The maximum atomic E-state index is 13.0. The van der Waals surface area contributed by atoms with Crippen molar-refractivity contribution in [3.8, 4) is 5.75 Å². The number of rotatable bonds is 4. The number of aromatic hydroxyl groups is 1. The SMILES string of the molecule is CC(C)(C)OC(=O)N(C1CCc2ccc(O)cc2C1)C(O)C(O)c1cccc(Cl)c1. The van der Waals surface area contributed by atoms with Crippen molar-refractivity contribution in [2.45, 2.75) is 64.0 Å². The van der Waals surface area contributed by atoms with Gasteiger partial charge in [-0.3, -0.25) is 4.90 Å². The van der Waals surface area contributed by atoms with Gasteiger partial charge in [0.2, 0.25) is 0 Å². The Labute approximate surface area is 181 Å². The number of ether oxygens (including phenoxy) is 1. The van der Waals surface area contributed by atoms with Crippen LogP contribution in [0.4, 0.5) is 4.79 Å². The summed E-state index contributed by atoms with van der Waals surface area (Å²) in [7, 11) is 0. The summed E-state index contributed by atoms with van der Waals surface area (Å²) in [4.78, 5) is 14.3. The number of phenolic OH excluding ortho intramolecular Hbond substituents is 1. The van der Waals surface area contributed by atoms with Gasteiger partial charge in [-0.25, -0.2) is 4.79 Å². The molecule has 1 aliphatic rings. The molecule has 0 saturated carbocycles. The van der Waals surface area contributed by atoms with Crippen LogP contribution in [0.5, 0.6) is 5.75 Å². The third-order valence-corrected chi connectivity index (χ3v) is 5.38. The van der Waals surface area contributed by atoms with E-state index in [0.29, 0.717) is 29.8 Å². The van der Waals surface area contributed by atoms with Gasteiger partial charge in [0.15, 0.2) is 6.23 Å². The number of fused-ring (bicyclic) bond motifs is 1. The molecule has 1 amide bonds. The molecule has 0 aliphatic heterocycles. The van der Waals surface area contributed by atoms with Gasteiger partial charge in [0, 0.05) is 11.1 Å². The van der Waals surface area contributed by atoms with Gasteiger partial charge >= 0.3 is 6.09 Å². The third-order valence-electron chi connectivity index (χ3n) is 5.15. The van der Waals surface area contributed by atoms with Crippen LogP contribution in [-0.4, -0.2) is 44.2 Å². The van der Waals surface area contributed by atoms with E-state index in [9.17, 15) is 20.1 Å². The van der Waals surface area contributed by atoms with Crippen LogP contribution in [0.1, 0.15) is 50.0 Å². The lowest BCUT2D eigenvalue weighted by molar-refractivity contribution is -0.104. The molecule has 30 heavy (non-hydrogen) atoms. The summed E-state index contributed by atoms with van der Waals surface area (Å²) in [5.74, 6) is 0.151. The highest BCUT2D eigenvalue weighted by Crippen LogP contribution is 2.32. The number of amides is 1. The molecule has 0 heterocycles. The quantitative estimate of drug-likeness (QED) is 0.629. The van der Waals surface area contributed by atoms with E-state index in [-0.39, 0.29) is 5.75 Å². The van der Waals surface area contributed by atoms with Crippen LogP contribution in [-0.2, 0) is 17.6 Å². The molecule has 2 aromatic carbocycles. The average Bonchev–Trinajstić information content (AvgIpc) is 2.65. The Morgan fingerprint density at radius 1 is 1.17 bits per heavy atom. The summed E-state index contributed by atoms with van der Waals surface area (Å²) in [5, 5.41) is 32.1. The molecule has 0 radical (unpaired) electrons. The monoisotopic (exact) mass is 433 g/mol. The van der Waals surface area contributed by atoms with E-state index < -0.39 is 30.1 Å². The first kappa shape index (κ1) is 22.4. The van der Waals surface area contributed by atoms with Crippen LogP contribution >= 0.6 is 11.6 Å². The summed E-state index contributed by atoms with van der Waals surface area (Å²) < 4.78 is 5.54. The molecule has 0 spiro atoms. The van der Waals surface area contributed by atoms with Gasteiger partial charge in [0.05, 0.1) is 0 Å². The van der Waals surface area contributed by atoms with E-state index in [0.717, 1.165) is 11.1 Å². The van der Waals surface area contributed by atoms with Crippen LogP contribution in [0.3, 0.4) is 0 Å². The molecule has 0 aromatic heterocycles. The van der Waals surface area contributed by atoms with Crippen molar-refractivity contribution in [3.63, 3.8) is 0 Å². The Bertz CT molecular complexity index is 909. The second-order valence-electron chi connectivity index (χ2n) is 8.65. The first-order valence-electron chi connectivity index (χ1n) is 9.99. The molecule has 3 unspecified atom stereocenters. The first-order chi connectivity index (χ1) is 14.0. The van der Waals surface area contributed by atoms with Crippen molar-refractivity contribution in [2.24, 2.45) is 0 Å². The molecule has 1 aliphatic carbocycles. The van der Waals surface area contributed by atoms with Crippen molar-refractivity contribution >= 4 is 17.7 Å². The largest absolute Gasteiger partial charge is 0.508 e. The average molecular weight is 434 g/mol. The van der Waals surface area contributed by atoms with Crippen molar-refractivity contribution in [2.75, 3.05) is 0 Å². The zero-order valence-corrected chi connectivity index (χ0v) is 18.1. The molecule has 0 fully saturated rings. The first-order valence-corrected chi connectivity index (χ1v) is 10.4. The highest BCUT2D eigenvalue weighted by atomic mass is 35.5. The van der Waals surface area contributed by atoms with Crippen molar-refractivity contribution in [3.05, 3.63) is 64.2 Å². The summed E-state index contributed by atoms with van der Waals surface area (Å²) in [6.45, 7) is 5.24. The minimum atomic E-state index is -1.53. The normalized spacial score (nSPS) is 18.3. The lowest BCUT2D eigenvalue weighted by Gasteiger charge is -2.40. The van der Waals surface area contributed by atoms with E-state index in [4.69, 9.17) is 16.3 Å². The molecule has 3 rings (SSSR count). The van der Waals surface area contributed by atoms with E-state index in [2.05, 4.69) is 0 Å². The van der Waals surface area contributed by atoms with Gasteiger partial charge < -0.3 is 20.1 Å². The second kappa shape index (κ2) is 8.84. The minimum absolute atomic E-state index is 0.151. The standard InChI is InChI=1S/C23H28ClNO5/c1-23(2,3)30-22(29)25(21(28)20(27)15-5-4-6-17(24)11-15)18-9-7-14-8-10-19(26)13-16(14)12-18/h4-6,8,10-11,13,18,20-21,26-28H,7,9,12H2,1-3H3. The number of hydrogen-bond acceptors (Lipinski definition) is 5. The topological polar surface area (TPSA) is 90.2 Å². The number of hydrogen-bond donors (Lipinski definition) is 3. The van der Waals surface area contributed by atoms with Crippen molar-refractivity contribution < 1.29 is 24.9 Å². The van der Waals surface area contributed by atoms with Crippen LogP contribution in [0.2, 0.25) is 5.02 Å². The zero-order valence-electron chi connectivity index (χ0n) is 17.4. The number of carbonyl (C=O) groups excluding carboxylic acids is 1. The molecular weight excluding hydrogens is 406 g/mol. The van der Waals surface area contributed by atoms with Gasteiger partial charge in [-0.1, -0.05) is 29.8 Å². The zero-order chi connectivity index (χ0) is 22.1. The third kappa shape index (κ3) is 5.25. The van der Waals surface area contributed by atoms with Crippen LogP contribution in [0, 0.1) is 0 Å². The van der Waals surface area contributed by atoms with Crippen LogP contribution in [0.25, 0.3) is 0 Å². The minimum Gasteiger partial charge on any atom is -0.508 e. The van der Waals surface area contributed by atoms with Crippen LogP contribution < -0.4 is 0 Å². The lowest BCUT2D eigenvalue weighted by atomic mass is 9.87. The number of halogens is 1. The predicted molar refractivity (Wildman–Crippen MR) is 114 cm³/mol. The number of aliphatic hydroxyl groups excluding tert-OH is 2. The Hall–Kier alpha value is -2.28. The fourth-order valence-electron chi connectivity index (χ4n) is 3.76. The number of aliphatic hydroxyl groups is 2. The molecule has 6 nitrogen and oxygen atoms in total. The Kier molecular flexibility index (Phi) is 6.60. The summed E-state index contributed by atoms with van der Waals surface area (Å²) >= 11 is 6.02. The summed E-state index contributed by atoms with van der Waals surface area (Å²) in [5.41, 5.74) is 1.64.